The van der Waals surface area contributed by atoms with E-state index in [1.54, 1.807) is 0 Å². The first-order valence-corrected chi connectivity index (χ1v) is 8.33. The Labute approximate surface area is 134 Å². The number of benzene rings is 1. The zero-order chi connectivity index (χ0) is 15.1. The molecule has 114 valence electrons. The lowest BCUT2D eigenvalue weighted by Gasteiger charge is -2.06. The molecule has 1 aromatic heterocycles. The molecule has 21 heavy (non-hydrogen) atoms. The van der Waals surface area contributed by atoms with Crippen LogP contribution in [-0.4, -0.2) is 20.2 Å². The highest BCUT2D eigenvalue weighted by molar-refractivity contribution is 9.10. The van der Waals surface area contributed by atoms with Crippen molar-refractivity contribution in [3.05, 3.63) is 22.7 Å². The number of rotatable bonds is 8. The second-order valence-corrected chi connectivity index (χ2v) is 6.08. The summed E-state index contributed by atoms with van der Waals surface area (Å²) in [5, 5.41) is 12.0. The fourth-order valence-electron chi connectivity index (χ4n) is 2.29. The molecule has 0 bridgehead atoms. The van der Waals surface area contributed by atoms with Crippen LogP contribution >= 0.6 is 15.9 Å². The molecule has 2 rings (SSSR count). The van der Waals surface area contributed by atoms with Crippen LogP contribution in [0.5, 0.6) is 0 Å². The molecule has 0 saturated carbocycles. The van der Waals surface area contributed by atoms with E-state index in [9.17, 15) is 0 Å². The maximum Gasteiger partial charge on any atom is 0.182 e. The molecule has 0 saturated heterocycles. The molecular weight excluding hydrogens is 330 g/mol. The van der Waals surface area contributed by atoms with Crippen molar-refractivity contribution in [2.75, 3.05) is 5.73 Å². The molecule has 0 aliphatic heterocycles. The normalized spacial score (nSPS) is 11.0. The quantitative estimate of drug-likeness (QED) is 0.575. The first kappa shape index (κ1) is 15.9. The van der Waals surface area contributed by atoms with Crippen LogP contribution in [0.1, 0.15) is 45.4 Å². The van der Waals surface area contributed by atoms with Gasteiger partial charge in [-0.05, 0) is 51.0 Å². The Bertz CT molecular complexity index is 567. The third kappa shape index (κ3) is 4.52. The number of hydrogen-bond donors (Lipinski definition) is 1. The summed E-state index contributed by atoms with van der Waals surface area (Å²) in [5.41, 5.74) is 7.57. The lowest BCUT2D eigenvalue weighted by atomic mass is 10.1. The summed E-state index contributed by atoms with van der Waals surface area (Å²) in [6.45, 7) is 3.09. The Morgan fingerprint density at radius 3 is 2.67 bits per heavy atom. The van der Waals surface area contributed by atoms with E-state index in [0.29, 0.717) is 5.69 Å². The van der Waals surface area contributed by atoms with Crippen molar-refractivity contribution in [1.29, 1.82) is 0 Å². The number of halogens is 1. The number of aryl methyl sites for hydroxylation is 1. The number of nitrogen functional groups attached to an aromatic ring is 1. The molecule has 2 N–H and O–H groups in total. The van der Waals surface area contributed by atoms with Crippen LogP contribution in [0.2, 0.25) is 0 Å². The van der Waals surface area contributed by atoms with Crippen molar-refractivity contribution >= 4 is 21.6 Å². The van der Waals surface area contributed by atoms with Crippen LogP contribution in [0.15, 0.2) is 22.7 Å². The topological polar surface area (TPSA) is 69.6 Å². The highest BCUT2D eigenvalue weighted by atomic mass is 79.9. The fourth-order valence-corrected chi connectivity index (χ4v) is 2.53. The largest absolute Gasteiger partial charge is 0.398 e. The summed E-state index contributed by atoms with van der Waals surface area (Å²) in [6.07, 6.45) is 7.55. The second kappa shape index (κ2) is 8.12. The molecule has 5 nitrogen and oxygen atoms in total. The Morgan fingerprint density at radius 1 is 1.14 bits per heavy atom. The van der Waals surface area contributed by atoms with Crippen molar-refractivity contribution < 1.29 is 0 Å². The van der Waals surface area contributed by atoms with E-state index in [1.807, 2.05) is 22.9 Å². The lowest BCUT2D eigenvalue weighted by Crippen LogP contribution is -2.03. The van der Waals surface area contributed by atoms with E-state index in [0.717, 1.165) is 28.8 Å². The monoisotopic (exact) mass is 351 g/mol. The van der Waals surface area contributed by atoms with Gasteiger partial charge in [0, 0.05) is 22.3 Å². The van der Waals surface area contributed by atoms with Gasteiger partial charge in [-0.3, -0.25) is 0 Å². The van der Waals surface area contributed by atoms with Crippen molar-refractivity contribution in [2.45, 2.75) is 52.0 Å². The molecule has 0 atom stereocenters. The molecule has 0 aliphatic rings. The van der Waals surface area contributed by atoms with Gasteiger partial charge in [0.25, 0.3) is 0 Å². The number of anilines is 1. The standard InChI is InChI=1S/C15H22BrN5/c1-2-3-4-5-6-7-10-21-15(18-19-20-21)12-8-9-13(16)14(17)11-12/h8-9,11H,2-7,10,17H2,1H3. The summed E-state index contributed by atoms with van der Waals surface area (Å²) in [4.78, 5) is 0. The summed E-state index contributed by atoms with van der Waals surface area (Å²) in [7, 11) is 0. The van der Waals surface area contributed by atoms with Crippen LogP contribution in [0, 0.1) is 0 Å². The van der Waals surface area contributed by atoms with E-state index < -0.39 is 0 Å². The van der Waals surface area contributed by atoms with E-state index in [2.05, 4.69) is 38.4 Å². The summed E-state index contributed by atoms with van der Waals surface area (Å²) in [5.74, 6) is 0.780. The number of unbranched alkanes of at least 4 members (excludes halogenated alkanes) is 5. The molecule has 0 unspecified atom stereocenters. The summed E-state index contributed by atoms with van der Waals surface area (Å²) >= 11 is 3.40. The highest BCUT2D eigenvalue weighted by Gasteiger charge is 2.09. The van der Waals surface area contributed by atoms with Gasteiger partial charge in [0.15, 0.2) is 5.82 Å². The van der Waals surface area contributed by atoms with Gasteiger partial charge in [0.05, 0.1) is 0 Å². The third-order valence-corrected chi connectivity index (χ3v) is 4.23. The number of tetrazole rings is 1. The van der Waals surface area contributed by atoms with Gasteiger partial charge in [-0.1, -0.05) is 39.0 Å². The minimum atomic E-state index is 0.696. The molecule has 1 aromatic carbocycles. The van der Waals surface area contributed by atoms with Crippen molar-refractivity contribution in [2.24, 2.45) is 0 Å². The average molecular weight is 352 g/mol. The van der Waals surface area contributed by atoms with Crippen molar-refractivity contribution in [3.63, 3.8) is 0 Å². The van der Waals surface area contributed by atoms with Gasteiger partial charge in [-0.2, -0.15) is 0 Å². The molecule has 0 spiro atoms. The summed E-state index contributed by atoms with van der Waals surface area (Å²) in [6, 6.07) is 5.80. The SMILES string of the molecule is CCCCCCCCn1nnnc1-c1ccc(Br)c(N)c1. The van der Waals surface area contributed by atoms with Gasteiger partial charge in [-0.15, -0.1) is 5.10 Å². The minimum absolute atomic E-state index is 0.696. The average Bonchev–Trinajstić information content (AvgIpc) is 2.94. The van der Waals surface area contributed by atoms with E-state index >= 15 is 0 Å². The Balaban J connectivity index is 1.93. The summed E-state index contributed by atoms with van der Waals surface area (Å²) < 4.78 is 2.75. The zero-order valence-corrected chi connectivity index (χ0v) is 14.0. The number of hydrogen-bond acceptors (Lipinski definition) is 4. The maximum atomic E-state index is 5.92. The van der Waals surface area contributed by atoms with E-state index in [4.69, 9.17) is 5.73 Å². The van der Waals surface area contributed by atoms with E-state index in [-0.39, 0.29) is 0 Å². The molecule has 0 fully saturated rings. The van der Waals surface area contributed by atoms with Crippen LogP contribution < -0.4 is 5.73 Å². The first-order valence-electron chi connectivity index (χ1n) is 7.54. The Morgan fingerprint density at radius 2 is 1.90 bits per heavy atom. The van der Waals surface area contributed by atoms with Gasteiger partial charge in [0.1, 0.15) is 0 Å². The van der Waals surface area contributed by atoms with Crippen LogP contribution in [0.3, 0.4) is 0 Å². The van der Waals surface area contributed by atoms with Crippen LogP contribution in [-0.2, 0) is 6.54 Å². The third-order valence-electron chi connectivity index (χ3n) is 3.51. The molecule has 6 heteroatoms. The van der Waals surface area contributed by atoms with Gasteiger partial charge < -0.3 is 5.73 Å². The Kier molecular flexibility index (Phi) is 6.17. The number of nitrogens with two attached hydrogens (primary N) is 1. The number of aromatic nitrogens is 4. The van der Waals surface area contributed by atoms with Gasteiger partial charge in [-0.25, -0.2) is 4.68 Å². The van der Waals surface area contributed by atoms with Gasteiger partial charge in [0.2, 0.25) is 0 Å². The Hall–Kier alpha value is -1.43. The maximum absolute atomic E-state index is 5.92. The predicted molar refractivity (Wildman–Crippen MR) is 88.7 cm³/mol. The van der Waals surface area contributed by atoms with E-state index in [1.165, 1.54) is 32.1 Å². The molecule has 2 aromatic rings. The molecule has 0 radical (unpaired) electrons. The smallest absolute Gasteiger partial charge is 0.182 e. The molecule has 0 aliphatic carbocycles. The zero-order valence-electron chi connectivity index (χ0n) is 12.4. The molecular formula is C15H22BrN5. The highest BCUT2D eigenvalue weighted by Crippen LogP contribution is 2.25. The van der Waals surface area contributed by atoms with Crippen molar-refractivity contribution in [3.8, 4) is 11.4 Å². The predicted octanol–water partition coefficient (Wildman–Crippen LogP) is 4.05. The van der Waals surface area contributed by atoms with Crippen LogP contribution in [0.25, 0.3) is 11.4 Å². The molecule has 1 heterocycles. The minimum Gasteiger partial charge on any atom is -0.398 e. The molecule has 0 amide bonds. The van der Waals surface area contributed by atoms with Crippen LogP contribution in [0.4, 0.5) is 5.69 Å². The lowest BCUT2D eigenvalue weighted by molar-refractivity contribution is 0.519. The second-order valence-electron chi connectivity index (χ2n) is 5.23. The van der Waals surface area contributed by atoms with Gasteiger partial charge >= 0.3 is 0 Å². The number of nitrogens with zero attached hydrogens (tertiary/aromatic N) is 4. The first-order chi connectivity index (χ1) is 10.2. The fraction of sp³-hybridized carbons (Fsp3) is 0.533. The van der Waals surface area contributed by atoms with Crippen molar-refractivity contribution in [1.82, 2.24) is 20.2 Å².